The third-order valence-electron chi connectivity index (χ3n) is 15.1. The lowest BCUT2D eigenvalue weighted by molar-refractivity contribution is -0.375. The molecule has 6 rings (SSSR count). The average molecular weight is 676 g/mol. The molecular weight excluding hydrogens is 624 g/mol. The van der Waals surface area contributed by atoms with E-state index >= 15 is 0 Å². The Bertz CT molecular complexity index is 1390. The summed E-state index contributed by atoms with van der Waals surface area (Å²) in [5.74, 6) is -5.13. The summed E-state index contributed by atoms with van der Waals surface area (Å²) in [5.41, 5.74) is -3.04. The van der Waals surface area contributed by atoms with Crippen LogP contribution in [0.5, 0.6) is 0 Å². The first-order valence-corrected chi connectivity index (χ1v) is 17.5. The van der Waals surface area contributed by atoms with Crippen molar-refractivity contribution in [2.75, 3.05) is 0 Å². The SMILES string of the molecule is CC1(C)CC[C@]2(C(=O)[O-])CC[C@]3(C)C(=CC[C@@H]4[C@@]5(C)C[C@H](O)[C@H](O[C@@H]6O[C@H](C(=O)[O-])[C@@H](O)[C@H](O)[C@H]6O)[C@@](C)(C(=O)[O-])[C@@H]5CC[C@]43C)[C@@H]2C1. The van der Waals surface area contributed by atoms with Crippen molar-refractivity contribution in [3.8, 4) is 0 Å². The van der Waals surface area contributed by atoms with Gasteiger partial charge in [-0.1, -0.05) is 53.2 Å². The molecule has 270 valence electrons. The Kier molecular flexibility index (Phi) is 8.34. The number of carbonyl (C=O) groups is 3. The number of aliphatic hydroxyl groups is 4. The fourth-order valence-electron chi connectivity index (χ4n) is 12.2. The van der Waals surface area contributed by atoms with Gasteiger partial charge in [0, 0.05) is 16.8 Å². The molecule has 0 aromatic carbocycles. The highest BCUT2D eigenvalue weighted by molar-refractivity contribution is 5.75. The van der Waals surface area contributed by atoms with Crippen molar-refractivity contribution in [3.63, 3.8) is 0 Å². The molecule has 12 heteroatoms. The zero-order valence-corrected chi connectivity index (χ0v) is 28.8. The van der Waals surface area contributed by atoms with Gasteiger partial charge in [-0.05, 0) is 97.2 Å². The van der Waals surface area contributed by atoms with Crippen LogP contribution in [-0.4, -0.2) is 81.2 Å². The normalized spacial score (nSPS) is 52.8. The van der Waals surface area contributed by atoms with Gasteiger partial charge in [-0.2, -0.15) is 0 Å². The first-order valence-electron chi connectivity index (χ1n) is 17.5. The highest BCUT2D eigenvalue weighted by Gasteiger charge is 2.71. The van der Waals surface area contributed by atoms with Crippen LogP contribution in [0.2, 0.25) is 0 Å². The monoisotopic (exact) mass is 675 g/mol. The van der Waals surface area contributed by atoms with Crippen LogP contribution >= 0.6 is 0 Å². The summed E-state index contributed by atoms with van der Waals surface area (Å²) >= 11 is 0. The minimum Gasteiger partial charge on any atom is -0.550 e. The number of hydrogen-bond acceptors (Lipinski definition) is 12. The Balaban J connectivity index is 1.36. The van der Waals surface area contributed by atoms with Crippen molar-refractivity contribution in [2.24, 2.45) is 50.2 Å². The number of hydrogen-bond donors (Lipinski definition) is 4. The molecule has 0 amide bonds. The standard InChI is InChI=1S/C36H54O12/c1-31(2)11-13-36(30(45)46)14-12-33(4)17(18(36)15-31)7-8-20-32(3)16-19(37)26(35(6,29(43)44)21(32)9-10-34(20,33)5)48-28-24(40)22(38)23(39)25(47-28)27(41)42/h7,18-26,28,37-40H,8-16H2,1-6H3,(H,41,42)(H,43,44)(H,45,46)/p-3/t18-,19-,20+,21+,22-,23-,24+,25-,26-,28-,32+,33+,34+,35-,36-/m0/s1. The molecule has 0 bridgehead atoms. The summed E-state index contributed by atoms with van der Waals surface area (Å²) in [4.78, 5) is 37.6. The Morgan fingerprint density at radius 3 is 2.06 bits per heavy atom. The fourth-order valence-corrected chi connectivity index (χ4v) is 12.2. The van der Waals surface area contributed by atoms with E-state index in [2.05, 4.69) is 33.8 Å². The maximum Gasteiger partial charge on any atom is 0.187 e. The lowest BCUT2D eigenvalue weighted by atomic mass is 9.33. The Morgan fingerprint density at radius 2 is 1.46 bits per heavy atom. The summed E-state index contributed by atoms with van der Waals surface area (Å²) in [7, 11) is 0. The number of carbonyl (C=O) groups excluding carboxylic acids is 3. The van der Waals surface area contributed by atoms with Gasteiger partial charge < -0.3 is 59.6 Å². The lowest BCUT2D eigenvalue weighted by Gasteiger charge is -2.72. The maximum absolute atomic E-state index is 13.2. The van der Waals surface area contributed by atoms with Gasteiger partial charge >= 0.3 is 0 Å². The molecule has 6 aliphatic rings. The Hall–Kier alpha value is -2.09. The predicted molar refractivity (Wildman–Crippen MR) is 161 cm³/mol. The first kappa shape index (κ1) is 35.7. The number of allylic oxidation sites excluding steroid dienone is 2. The summed E-state index contributed by atoms with van der Waals surface area (Å²) in [6.45, 7) is 12.3. The first-order chi connectivity index (χ1) is 22.1. The van der Waals surface area contributed by atoms with Crippen LogP contribution in [0.1, 0.15) is 99.3 Å². The van der Waals surface area contributed by atoms with E-state index in [0.29, 0.717) is 38.5 Å². The second-order valence-electron chi connectivity index (χ2n) is 17.8. The number of rotatable bonds is 5. The molecule has 0 aromatic rings. The molecule has 0 radical (unpaired) electrons. The van der Waals surface area contributed by atoms with E-state index < -0.39 is 83.0 Å². The number of aliphatic carboxylic acids is 3. The van der Waals surface area contributed by atoms with Gasteiger partial charge in [0.05, 0.1) is 24.1 Å². The van der Waals surface area contributed by atoms with Crippen LogP contribution in [0.3, 0.4) is 0 Å². The number of aliphatic hydroxyl groups excluding tert-OH is 4. The van der Waals surface area contributed by atoms with E-state index in [4.69, 9.17) is 9.47 Å². The van der Waals surface area contributed by atoms with Crippen molar-refractivity contribution < 1.29 is 59.6 Å². The zero-order chi connectivity index (χ0) is 35.6. The van der Waals surface area contributed by atoms with Gasteiger partial charge in [0.25, 0.3) is 0 Å². The van der Waals surface area contributed by atoms with Crippen LogP contribution in [0, 0.1) is 50.2 Å². The van der Waals surface area contributed by atoms with E-state index in [9.17, 15) is 50.1 Å². The van der Waals surface area contributed by atoms with Gasteiger partial charge in [0.15, 0.2) is 6.29 Å². The molecule has 0 spiro atoms. The minimum absolute atomic E-state index is 0.0202. The van der Waals surface area contributed by atoms with Crippen molar-refractivity contribution >= 4 is 17.9 Å². The Morgan fingerprint density at radius 1 is 0.812 bits per heavy atom. The summed E-state index contributed by atoms with van der Waals surface area (Å²) in [6, 6.07) is 0. The van der Waals surface area contributed by atoms with Crippen LogP contribution in [0.4, 0.5) is 0 Å². The predicted octanol–water partition coefficient (Wildman–Crippen LogP) is -0.818. The molecule has 1 saturated heterocycles. The molecule has 4 saturated carbocycles. The van der Waals surface area contributed by atoms with Crippen LogP contribution in [-0.2, 0) is 23.9 Å². The maximum atomic E-state index is 13.2. The van der Waals surface area contributed by atoms with E-state index in [1.807, 2.05) is 6.92 Å². The van der Waals surface area contributed by atoms with Crippen molar-refractivity contribution in [1.29, 1.82) is 0 Å². The average Bonchev–Trinajstić information content (AvgIpc) is 2.98. The van der Waals surface area contributed by atoms with Gasteiger partial charge in [-0.15, -0.1) is 0 Å². The van der Waals surface area contributed by atoms with E-state index in [-0.39, 0.29) is 34.5 Å². The number of carboxylic acid groups (broad SMARTS) is 3. The Labute approximate surface area is 281 Å². The van der Waals surface area contributed by atoms with Gasteiger partial charge in [0.2, 0.25) is 0 Å². The lowest BCUT2D eigenvalue weighted by Crippen LogP contribution is -2.72. The highest BCUT2D eigenvalue weighted by atomic mass is 16.7. The summed E-state index contributed by atoms with van der Waals surface area (Å²) < 4.78 is 11.2. The number of fused-ring (bicyclic) bond motifs is 7. The summed E-state index contributed by atoms with van der Waals surface area (Å²) in [5, 5.41) is 80.5. The quantitative estimate of drug-likeness (QED) is 0.208. The van der Waals surface area contributed by atoms with Crippen LogP contribution in [0.25, 0.3) is 0 Å². The minimum atomic E-state index is -2.06. The molecule has 0 unspecified atom stereocenters. The smallest absolute Gasteiger partial charge is 0.187 e. The molecule has 1 aliphatic heterocycles. The van der Waals surface area contributed by atoms with Crippen molar-refractivity contribution in [2.45, 2.75) is 142 Å². The molecule has 5 aliphatic carbocycles. The van der Waals surface area contributed by atoms with Crippen molar-refractivity contribution in [1.82, 2.24) is 0 Å². The number of ether oxygens (including phenoxy) is 2. The summed E-state index contributed by atoms with van der Waals surface area (Å²) in [6.07, 6.45) is -5.50. The molecular formula is C36H51O12-3. The van der Waals surface area contributed by atoms with Crippen molar-refractivity contribution in [3.05, 3.63) is 11.6 Å². The van der Waals surface area contributed by atoms with Gasteiger partial charge in [-0.3, -0.25) is 0 Å². The second-order valence-corrected chi connectivity index (χ2v) is 17.8. The molecule has 48 heavy (non-hydrogen) atoms. The molecule has 4 N–H and O–H groups in total. The zero-order valence-electron chi connectivity index (χ0n) is 28.8. The second kappa shape index (κ2) is 11.2. The fraction of sp³-hybridized carbons (Fsp3) is 0.861. The van der Waals surface area contributed by atoms with Crippen LogP contribution in [0.15, 0.2) is 11.6 Å². The van der Waals surface area contributed by atoms with E-state index in [1.54, 1.807) is 0 Å². The van der Waals surface area contributed by atoms with E-state index in [1.165, 1.54) is 12.5 Å². The van der Waals surface area contributed by atoms with Gasteiger partial charge in [0.1, 0.15) is 24.4 Å². The highest BCUT2D eigenvalue weighted by Crippen LogP contribution is 2.76. The third-order valence-corrected chi connectivity index (χ3v) is 15.1. The molecule has 0 aromatic heterocycles. The molecule has 5 fully saturated rings. The molecule has 1 heterocycles. The largest absolute Gasteiger partial charge is 0.550 e. The van der Waals surface area contributed by atoms with Crippen LogP contribution < -0.4 is 15.3 Å². The molecule has 15 atom stereocenters. The topological polar surface area (TPSA) is 220 Å². The molecule has 12 nitrogen and oxygen atoms in total. The number of carboxylic acids is 3. The van der Waals surface area contributed by atoms with E-state index in [0.717, 1.165) is 12.8 Å². The van der Waals surface area contributed by atoms with Gasteiger partial charge in [-0.25, -0.2) is 0 Å². The third kappa shape index (κ3) is 4.65.